The summed E-state index contributed by atoms with van der Waals surface area (Å²) in [6.07, 6.45) is 1.63. The number of hydrogen-bond acceptors (Lipinski definition) is 3. The van der Waals surface area contributed by atoms with Gasteiger partial charge in [-0.05, 0) is 12.1 Å². The summed E-state index contributed by atoms with van der Waals surface area (Å²) >= 11 is 6.13. The zero-order valence-corrected chi connectivity index (χ0v) is 10.7. The third kappa shape index (κ3) is 3.29. The van der Waals surface area contributed by atoms with E-state index in [0.717, 1.165) is 5.56 Å². The SMILES string of the molecule is NC(N)=N/N=C(/c1ccccc1)c1ncccc1Cl. The number of guanidine groups is 1. The van der Waals surface area contributed by atoms with Gasteiger partial charge in [0.15, 0.2) is 0 Å². The predicted molar refractivity (Wildman–Crippen MR) is 77.1 cm³/mol. The first-order valence-corrected chi connectivity index (χ1v) is 5.89. The number of benzene rings is 1. The molecular formula is C13H12ClN5. The first-order chi connectivity index (χ1) is 9.18. The maximum Gasteiger partial charge on any atom is 0.211 e. The lowest BCUT2D eigenvalue weighted by molar-refractivity contribution is 1.18. The molecule has 4 N–H and O–H groups in total. The molecule has 0 atom stereocenters. The second kappa shape index (κ2) is 5.97. The van der Waals surface area contributed by atoms with Gasteiger partial charge in [-0.15, -0.1) is 10.2 Å². The molecule has 0 bridgehead atoms. The Morgan fingerprint density at radius 3 is 2.37 bits per heavy atom. The van der Waals surface area contributed by atoms with E-state index in [2.05, 4.69) is 15.2 Å². The van der Waals surface area contributed by atoms with Crippen LogP contribution >= 0.6 is 11.6 Å². The summed E-state index contributed by atoms with van der Waals surface area (Å²) in [5, 5.41) is 8.19. The van der Waals surface area contributed by atoms with Crippen LogP contribution in [0.3, 0.4) is 0 Å². The average molecular weight is 274 g/mol. The molecule has 0 aliphatic carbocycles. The van der Waals surface area contributed by atoms with E-state index in [0.29, 0.717) is 16.4 Å². The summed E-state index contributed by atoms with van der Waals surface area (Å²) in [6.45, 7) is 0. The fourth-order valence-corrected chi connectivity index (χ4v) is 1.72. The number of aromatic nitrogens is 1. The van der Waals surface area contributed by atoms with Crippen LogP contribution in [-0.4, -0.2) is 16.7 Å². The molecule has 5 nitrogen and oxygen atoms in total. The van der Waals surface area contributed by atoms with Gasteiger partial charge in [-0.3, -0.25) is 4.98 Å². The van der Waals surface area contributed by atoms with E-state index in [1.165, 1.54) is 0 Å². The molecule has 0 fully saturated rings. The first-order valence-electron chi connectivity index (χ1n) is 5.51. The molecule has 1 heterocycles. The van der Waals surface area contributed by atoms with Crippen molar-refractivity contribution in [2.24, 2.45) is 21.7 Å². The normalized spacial score (nSPS) is 11.1. The highest BCUT2D eigenvalue weighted by molar-refractivity contribution is 6.35. The molecule has 0 saturated carbocycles. The highest BCUT2D eigenvalue weighted by atomic mass is 35.5. The second-order valence-corrected chi connectivity index (χ2v) is 4.08. The van der Waals surface area contributed by atoms with Gasteiger partial charge in [-0.1, -0.05) is 41.9 Å². The summed E-state index contributed by atoms with van der Waals surface area (Å²) in [4.78, 5) is 4.22. The molecule has 0 saturated heterocycles. The second-order valence-electron chi connectivity index (χ2n) is 3.67. The Hall–Kier alpha value is -2.40. The van der Waals surface area contributed by atoms with Crippen LogP contribution in [0.25, 0.3) is 0 Å². The molecule has 6 heteroatoms. The molecule has 1 aromatic carbocycles. The topological polar surface area (TPSA) is 89.7 Å². The molecule has 19 heavy (non-hydrogen) atoms. The minimum atomic E-state index is -0.125. The molecule has 0 aliphatic heterocycles. The van der Waals surface area contributed by atoms with Crippen LogP contribution in [0.5, 0.6) is 0 Å². The Kier molecular flexibility index (Phi) is 4.10. The molecule has 0 radical (unpaired) electrons. The number of pyridine rings is 1. The Morgan fingerprint density at radius 1 is 1.00 bits per heavy atom. The van der Waals surface area contributed by atoms with Gasteiger partial charge in [0.1, 0.15) is 11.4 Å². The number of halogens is 1. The van der Waals surface area contributed by atoms with Gasteiger partial charge in [-0.2, -0.15) is 0 Å². The number of nitrogens with two attached hydrogens (primary N) is 2. The largest absolute Gasteiger partial charge is 0.369 e. The quantitative estimate of drug-likeness (QED) is 0.507. The summed E-state index contributed by atoms with van der Waals surface area (Å²) < 4.78 is 0. The van der Waals surface area contributed by atoms with E-state index in [9.17, 15) is 0 Å². The van der Waals surface area contributed by atoms with Crippen LogP contribution in [-0.2, 0) is 0 Å². The van der Waals surface area contributed by atoms with E-state index in [-0.39, 0.29) is 5.96 Å². The molecule has 96 valence electrons. The van der Waals surface area contributed by atoms with E-state index < -0.39 is 0 Å². The highest BCUT2D eigenvalue weighted by Gasteiger charge is 2.12. The lowest BCUT2D eigenvalue weighted by Gasteiger charge is -2.06. The number of hydrogen-bond donors (Lipinski definition) is 2. The summed E-state index contributed by atoms with van der Waals surface area (Å²) in [7, 11) is 0. The van der Waals surface area contributed by atoms with Gasteiger partial charge in [0.05, 0.1) is 5.02 Å². The van der Waals surface area contributed by atoms with Crippen LogP contribution in [0.15, 0.2) is 58.9 Å². The zero-order valence-electron chi connectivity index (χ0n) is 9.99. The van der Waals surface area contributed by atoms with Crippen molar-refractivity contribution in [2.45, 2.75) is 0 Å². The van der Waals surface area contributed by atoms with Gasteiger partial charge in [0.2, 0.25) is 5.96 Å². The average Bonchev–Trinajstić information content (AvgIpc) is 2.42. The molecule has 0 spiro atoms. The summed E-state index contributed by atoms with van der Waals surface area (Å²) in [6, 6.07) is 12.9. The molecule has 2 rings (SSSR count). The third-order valence-corrected chi connectivity index (χ3v) is 2.60. The Labute approximate surface area is 115 Å². The van der Waals surface area contributed by atoms with Crippen LogP contribution in [0, 0.1) is 0 Å². The van der Waals surface area contributed by atoms with Crippen molar-refractivity contribution < 1.29 is 0 Å². The first kappa shape index (κ1) is 13.0. The molecule has 1 aromatic heterocycles. The highest BCUT2D eigenvalue weighted by Crippen LogP contribution is 2.17. The van der Waals surface area contributed by atoms with Crippen LogP contribution in [0.1, 0.15) is 11.3 Å². The number of rotatable bonds is 3. The third-order valence-electron chi connectivity index (χ3n) is 2.30. The fraction of sp³-hybridized carbons (Fsp3) is 0. The maximum atomic E-state index is 6.13. The number of nitrogens with zero attached hydrogens (tertiary/aromatic N) is 3. The van der Waals surface area contributed by atoms with Crippen LogP contribution in [0.2, 0.25) is 5.02 Å². The zero-order chi connectivity index (χ0) is 13.7. The lowest BCUT2D eigenvalue weighted by Crippen LogP contribution is -2.22. The molecule has 0 unspecified atom stereocenters. The molecule has 0 aliphatic rings. The van der Waals surface area contributed by atoms with Crippen molar-refractivity contribution in [2.75, 3.05) is 0 Å². The van der Waals surface area contributed by atoms with Crippen molar-refractivity contribution in [3.05, 3.63) is 64.9 Å². The Balaban J connectivity index is 2.57. The van der Waals surface area contributed by atoms with Crippen molar-refractivity contribution in [3.63, 3.8) is 0 Å². The minimum absolute atomic E-state index is 0.125. The van der Waals surface area contributed by atoms with Crippen LogP contribution in [0.4, 0.5) is 0 Å². The van der Waals surface area contributed by atoms with Gasteiger partial charge < -0.3 is 11.5 Å². The fourth-order valence-electron chi connectivity index (χ4n) is 1.51. The van der Waals surface area contributed by atoms with Gasteiger partial charge >= 0.3 is 0 Å². The molecule has 0 amide bonds. The summed E-state index contributed by atoms with van der Waals surface area (Å²) in [5.74, 6) is -0.125. The minimum Gasteiger partial charge on any atom is -0.369 e. The standard InChI is InChI=1S/C13H12ClN5/c14-10-7-4-8-17-12(10)11(18-19-13(15)16)9-5-2-1-3-6-9/h1-8H,(H4,15,16,19)/b18-11-. The van der Waals surface area contributed by atoms with Crippen LogP contribution < -0.4 is 11.5 Å². The maximum absolute atomic E-state index is 6.13. The van der Waals surface area contributed by atoms with E-state index >= 15 is 0 Å². The monoisotopic (exact) mass is 273 g/mol. The molecule has 2 aromatic rings. The van der Waals surface area contributed by atoms with E-state index in [4.69, 9.17) is 23.1 Å². The smallest absolute Gasteiger partial charge is 0.211 e. The van der Waals surface area contributed by atoms with Gasteiger partial charge in [0.25, 0.3) is 0 Å². The lowest BCUT2D eigenvalue weighted by atomic mass is 10.1. The van der Waals surface area contributed by atoms with E-state index in [1.807, 2.05) is 30.3 Å². The Morgan fingerprint density at radius 2 is 1.74 bits per heavy atom. The van der Waals surface area contributed by atoms with Crippen molar-refractivity contribution in [3.8, 4) is 0 Å². The van der Waals surface area contributed by atoms with Gasteiger partial charge in [0, 0.05) is 11.8 Å². The summed E-state index contributed by atoms with van der Waals surface area (Å²) in [5.41, 5.74) is 12.5. The predicted octanol–water partition coefficient (Wildman–Crippen LogP) is 1.76. The Bertz CT molecular complexity index is 618. The van der Waals surface area contributed by atoms with Crippen molar-refractivity contribution in [1.29, 1.82) is 0 Å². The van der Waals surface area contributed by atoms with E-state index in [1.54, 1.807) is 18.3 Å². The van der Waals surface area contributed by atoms with Gasteiger partial charge in [-0.25, -0.2) is 0 Å². The van der Waals surface area contributed by atoms with Crippen molar-refractivity contribution >= 4 is 23.3 Å². The van der Waals surface area contributed by atoms with Crippen molar-refractivity contribution in [1.82, 2.24) is 4.98 Å². The molecular weight excluding hydrogens is 262 g/mol.